The van der Waals surface area contributed by atoms with Gasteiger partial charge in [0.2, 0.25) is 11.8 Å². The van der Waals surface area contributed by atoms with Crippen molar-refractivity contribution in [2.24, 2.45) is 0 Å². The number of amides is 2. The van der Waals surface area contributed by atoms with Crippen LogP contribution >= 0.6 is 0 Å². The topological polar surface area (TPSA) is 73.5 Å². The molecule has 1 atom stereocenters. The molecule has 2 amide bonds. The Morgan fingerprint density at radius 2 is 2.00 bits per heavy atom. The van der Waals surface area contributed by atoms with Crippen molar-refractivity contribution in [3.63, 3.8) is 0 Å². The highest BCUT2D eigenvalue weighted by atomic mass is 16.2. The molecule has 21 heavy (non-hydrogen) atoms. The first kappa shape index (κ1) is 16.2. The highest BCUT2D eigenvalue weighted by Gasteiger charge is 2.28. The van der Waals surface area contributed by atoms with Gasteiger partial charge in [-0.2, -0.15) is 0 Å². The molecule has 3 N–H and O–H groups in total. The van der Waals surface area contributed by atoms with Gasteiger partial charge in [-0.3, -0.25) is 14.5 Å². The van der Waals surface area contributed by atoms with E-state index in [1.807, 2.05) is 0 Å². The molecule has 2 rings (SSSR count). The van der Waals surface area contributed by atoms with Crippen LogP contribution in [0.25, 0.3) is 0 Å². The molecular weight excluding hydrogens is 268 g/mol. The van der Waals surface area contributed by atoms with E-state index in [1.165, 1.54) is 19.3 Å². The molecule has 0 aromatic rings. The van der Waals surface area contributed by atoms with Gasteiger partial charge in [0.1, 0.15) is 6.04 Å². The summed E-state index contributed by atoms with van der Waals surface area (Å²) in [4.78, 5) is 26.0. The first-order valence-electron chi connectivity index (χ1n) is 8.16. The fourth-order valence-corrected chi connectivity index (χ4v) is 3.23. The number of hydrogen-bond acceptors (Lipinski definition) is 4. The summed E-state index contributed by atoms with van der Waals surface area (Å²) in [6.45, 7) is 2.99. The van der Waals surface area contributed by atoms with Gasteiger partial charge in [-0.1, -0.05) is 19.3 Å². The molecule has 1 unspecified atom stereocenters. The molecule has 2 aliphatic rings. The van der Waals surface area contributed by atoms with Crippen molar-refractivity contribution in [1.29, 1.82) is 0 Å². The average Bonchev–Trinajstić information content (AvgIpc) is 2.53. The average molecular weight is 296 g/mol. The van der Waals surface area contributed by atoms with Crippen LogP contribution in [0.4, 0.5) is 0 Å². The summed E-state index contributed by atoms with van der Waals surface area (Å²) in [7, 11) is 1.66. The first-order chi connectivity index (χ1) is 10.2. The highest BCUT2D eigenvalue weighted by molar-refractivity contribution is 5.82. The fourth-order valence-electron chi connectivity index (χ4n) is 3.23. The molecule has 0 aromatic carbocycles. The van der Waals surface area contributed by atoms with Crippen LogP contribution in [0.3, 0.4) is 0 Å². The van der Waals surface area contributed by atoms with E-state index < -0.39 is 0 Å². The Kier molecular flexibility index (Phi) is 6.45. The molecule has 0 spiro atoms. The largest absolute Gasteiger partial charge is 0.358 e. The second-order valence-electron chi connectivity index (χ2n) is 6.02. The maximum Gasteiger partial charge on any atom is 0.238 e. The number of carbonyl (C=O) groups excluding carboxylic acids is 2. The van der Waals surface area contributed by atoms with E-state index in [0.29, 0.717) is 25.6 Å². The molecule has 6 nitrogen and oxygen atoms in total. The summed E-state index contributed by atoms with van der Waals surface area (Å²) in [6.07, 6.45) is 6.44. The monoisotopic (exact) mass is 296 g/mol. The molecule has 120 valence electrons. The lowest BCUT2D eigenvalue weighted by atomic mass is 9.95. The van der Waals surface area contributed by atoms with Crippen molar-refractivity contribution in [1.82, 2.24) is 20.9 Å². The maximum atomic E-state index is 12.0. The van der Waals surface area contributed by atoms with Crippen LogP contribution in [0.5, 0.6) is 0 Å². The van der Waals surface area contributed by atoms with Crippen molar-refractivity contribution < 1.29 is 9.59 Å². The van der Waals surface area contributed by atoms with E-state index in [0.717, 1.165) is 25.9 Å². The molecule has 1 heterocycles. The van der Waals surface area contributed by atoms with Crippen molar-refractivity contribution in [3.8, 4) is 0 Å². The Morgan fingerprint density at radius 3 is 2.71 bits per heavy atom. The van der Waals surface area contributed by atoms with Crippen LogP contribution in [0, 0.1) is 0 Å². The second-order valence-corrected chi connectivity index (χ2v) is 6.02. The standard InChI is InChI=1S/C15H28N4O2/c1-16-15(21)13-11-17-8-10-19(13)9-7-14(20)18-12-5-3-2-4-6-12/h12-13,17H,2-11H2,1H3,(H,16,21)(H,18,20). The molecule has 6 heteroatoms. The Bertz CT molecular complexity index is 356. The number of nitrogens with zero attached hydrogens (tertiary/aromatic N) is 1. The normalized spacial score (nSPS) is 24.5. The quantitative estimate of drug-likeness (QED) is 0.659. The molecule has 1 saturated heterocycles. The summed E-state index contributed by atoms with van der Waals surface area (Å²) >= 11 is 0. The second kappa shape index (κ2) is 8.34. The van der Waals surface area contributed by atoms with Gasteiger partial charge in [-0.15, -0.1) is 0 Å². The van der Waals surface area contributed by atoms with E-state index >= 15 is 0 Å². The lowest BCUT2D eigenvalue weighted by Gasteiger charge is -2.34. The molecule has 1 aliphatic carbocycles. The van der Waals surface area contributed by atoms with Crippen LogP contribution in [-0.4, -0.2) is 62.0 Å². The predicted molar refractivity (Wildman–Crippen MR) is 81.9 cm³/mol. The summed E-state index contributed by atoms with van der Waals surface area (Å²) in [5.74, 6) is 0.144. The Labute approximate surface area is 127 Å². The van der Waals surface area contributed by atoms with Crippen LogP contribution in [-0.2, 0) is 9.59 Å². The summed E-state index contributed by atoms with van der Waals surface area (Å²) in [6, 6.07) is 0.204. The highest BCUT2D eigenvalue weighted by Crippen LogP contribution is 2.17. The smallest absolute Gasteiger partial charge is 0.238 e. The lowest BCUT2D eigenvalue weighted by molar-refractivity contribution is -0.128. The zero-order valence-corrected chi connectivity index (χ0v) is 13.0. The van der Waals surface area contributed by atoms with Crippen molar-refractivity contribution in [2.45, 2.75) is 50.6 Å². The van der Waals surface area contributed by atoms with Crippen molar-refractivity contribution in [2.75, 3.05) is 33.2 Å². The van der Waals surface area contributed by atoms with Gasteiger partial charge >= 0.3 is 0 Å². The zero-order chi connectivity index (χ0) is 15.1. The third-order valence-corrected chi connectivity index (χ3v) is 4.50. The Hall–Kier alpha value is -1.14. The zero-order valence-electron chi connectivity index (χ0n) is 13.0. The van der Waals surface area contributed by atoms with Gasteiger partial charge in [0.15, 0.2) is 0 Å². The molecule has 1 aliphatic heterocycles. The molecule has 0 aromatic heterocycles. The van der Waals surface area contributed by atoms with Crippen LogP contribution < -0.4 is 16.0 Å². The van der Waals surface area contributed by atoms with Gasteiger partial charge < -0.3 is 16.0 Å². The van der Waals surface area contributed by atoms with E-state index in [-0.39, 0.29) is 17.9 Å². The minimum atomic E-state index is -0.161. The number of likely N-dealkylation sites (N-methyl/N-ethyl adjacent to an activating group) is 1. The molecule has 2 fully saturated rings. The first-order valence-corrected chi connectivity index (χ1v) is 8.16. The van der Waals surface area contributed by atoms with Gasteiger partial charge in [0, 0.05) is 45.7 Å². The van der Waals surface area contributed by atoms with Crippen molar-refractivity contribution >= 4 is 11.8 Å². The minimum absolute atomic E-state index is 0.0230. The van der Waals surface area contributed by atoms with E-state index in [9.17, 15) is 9.59 Å². The minimum Gasteiger partial charge on any atom is -0.358 e. The van der Waals surface area contributed by atoms with Crippen LogP contribution in [0.15, 0.2) is 0 Å². The molecule has 0 radical (unpaired) electrons. The number of carbonyl (C=O) groups is 2. The van der Waals surface area contributed by atoms with Gasteiger partial charge in [-0.25, -0.2) is 0 Å². The lowest BCUT2D eigenvalue weighted by Crippen LogP contribution is -2.57. The number of piperazine rings is 1. The SMILES string of the molecule is CNC(=O)C1CNCCN1CCC(=O)NC1CCCCC1. The summed E-state index contributed by atoms with van der Waals surface area (Å²) in [5.41, 5.74) is 0. The van der Waals surface area contributed by atoms with Gasteiger partial charge in [0.05, 0.1) is 0 Å². The van der Waals surface area contributed by atoms with Crippen molar-refractivity contribution in [3.05, 3.63) is 0 Å². The summed E-state index contributed by atoms with van der Waals surface area (Å²) < 4.78 is 0. The van der Waals surface area contributed by atoms with E-state index in [4.69, 9.17) is 0 Å². The Morgan fingerprint density at radius 1 is 1.24 bits per heavy atom. The van der Waals surface area contributed by atoms with Gasteiger partial charge in [-0.05, 0) is 12.8 Å². The summed E-state index contributed by atoms with van der Waals surface area (Å²) in [5, 5.41) is 9.06. The third-order valence-electron chi connectivity index (χ3n) is 4.50. The van der Waals surface area contributed by atoms with Gasteiger partial charge in [0.25, 0.3) is 0 Å². The Balaban J connectivity index is 1.74. The maximum absolute atomic E-state index is 12.0. The third kappa shape index (κ3) is 4.97. The van der Waals surface area contributed by atoms with Crippen LogP contribution in [0.2, 0.25) is 0 Å². The number of nitrogens with one attached hydrogen (secondary N) is 3. The van der Waals surface area contributed by atoms with E-state index in [2.05, 4.69) is 20.9 Å². The van der Waals surface area contributed by atoms with Crippen LogP contribution in [0.1, 0.15) is 38.5 Å². The molecular formula is C15H28N4O2. The number of rotatable bonds is 5. The predicted octanol–water partition coefficient (Wildman–Crippen LogP) is -0.155. The molecule has 1 saturated carbocycles. The molecule has 0 bridgehead atoms. The van der Waals surface area contributed by atoms with E-state index in [1.54, 1.807) is 7.05 Å². The fraction of sp³-hybridized carbons (Fsp3) is 0.867. The number of hydrogen-bond donors (Lipinski definition) is 3.